The van der Waals surface area contributed by atoms with Crippen molar-refractivity contribution in [3.63, 3.8) is 0 Å². The molecule has 96 valence electrons. The summed E-state index contributed by atoms with van der Waals surface area (Å²) in [6.07, 6.45) is 3.71. The van der Waals surface area contributed by atoms with E-state index < -0.39 is 0 Å². The van der Waals surface area contributed by atoms with Gasteiger partial charge in [-0.05, 0) is 31.4 Å². The number of fused-ring (bicyclic) bond motifs is 1. The van der Waals surface area contributed by atoms with Crippen LogP contribution >= 0.6 is 11.8 Å². The molecule has 1 aromatic carbocycles. The summed E-state index contributed by atoms with van der Waals surface area (Å²) in [5, 5.41) is 1.04. The number of benzene rings is 1. The van der Waals surface area contributed by atoms with Gasteiger partial charge in [-0.15, -0.1) is 0 Å². The number of anilines is 2. The molecule has 2 N–H and O–H groups in total. The lowest BCUT2D eigenvalue weighted by Gasteiger charge is -2.26. The molecule has 1 atom stereocenters. The van der Waals surface area contributed by atoms with Crippen LogP contribution in [0.25, 0.3) is 10.9 Å². The van der Waals surface area contributed by atoms with Crippen LogP contribution in [0.5, 0.6) is 0 Å². The molecule has 0 saturated heterocycles. The van der Waals surface area contributed by atoms with Gasteiger partial charge in [0.05, 0.1) is 5.52 Å². The van der Waals surface area contributed by atoms with Crippen LogP contribution in [-0.4, -0.2) is 35.1 Å². The third kappa shape index (κ3) is 2.51. The highest BCUT2D eigenvalue weighted by Gasteiger charge is 2.14. The van der Waals surface area contributed by atoms with Gasteiger partial charge in [-0.1, -0.05) is 0 Å². The molecule has 5 heteroatoms. The van der Waals surface area contributed by atoms with E-state index in [1.807, 2.05) is 30.0 Å². The third-order valence-corrected chi connectivity index (χ3v) is 3.86. The van der Waals surface area contributed by atoms with E-state index in [9.17, 15) is 0 Å². The summed E-state index contributed by atoms with van der Waals surface area (Å²) in [6, 6.07) is 6.19. The molecule has 2 rings (SSSR count). The van der Waals surface area contributed by atoms with Crippen LogP contribution in [0.2, 0.25) is 0 Å². The van der Waals surface area contributed by atoms with Gasteiger partial charge in [0.15, 0.2) is 0 Å². The van der Waals surface area contributed by atoms with Crippen molar-refractivity contribution in [3.05, 3.63) is 24.5 Å². The summed E-state index contributed by atoms with van der Waals surface area (Å²) < 4.78 is 0. The number of thioether (sulfide) groups is 1. The Morgan fingerprint density at radius 2 is 2.17 bits per heavy atom. The monoisotopic (exact) mass is 262 g/mol. The van der Waals surface area contributed by atoms with Gasteiger partial charge in [-0.3, -0.25) is 0 Å². The van der Waals surface area contributed by atoms with Crippen molar-refractivity contribution in [3.8, 4) is 0 Å². The van der Waals surface area contributed by atoms with E-state index in [1.54, 1.807) is 6.33 Å². The third-order valence-electron chi connectivity index (χ3n) is 3.04. The van der Waals surface area contributed by atoms with Crippen molar-refractivity contribution < 1.29 is 0 Å². The summed E-state index contributed by atoms with van der Waals surface area (Å²) >= 11 is 1.84. The number of nitrogen functional groups attached to an aromatic ring is 1. The second kappa shape index (κ2) is 5.44. The minimum absolute atomic E-state index is 0.427. The number of hydrogen-bond acceptors (Lipinski definition) is 5. The summed E-state index contributed by atoms with van der Waals surface area (Å²) in [5.74, 6) is 2.03. The molecule has 1 heterocycles. The van der Waals surface area contributed by atoms with Crippen LogP contribution in [0.1, 0.15) is 6.92 Å². The molecule has 18 heavy (non-hydrogen) atoms. The number of aromatic nitrogens is 2. The topological polar surface area (TPSA) is 55.0 Å². The van der Waals surface area contributed by atoms with Crippen molar-refractivity contribution in [2.45, 2.75) is 13.0 Å². The van der Waals surface area contributed by atoms with Crippen molar-refractivity contribution in [2.75, 3.05) is 29.7 Å². The fourth-order valence-electron chi connectivity index (χ4n) is 1.90. The average molecular weight is 262 g/mol. The maximum absolute atomic E-state index is 5.78. The molecule has 0 fully saturated rings. The highest BCUT2D eigenvalue weighted by atomic mass is 32.2. The SMILES string of the molecule is CSCC(C)N(C)c1ncnc2cc(N)ccc12. The smallest absolute Gasteiger partial charge is 0.139 e. The van der Waals surface area contributed by atoms with Crippen LogP contribution < -0.4 is 10.6 Å². The minimum atomic E-state index is 0.427. The maximum atomic E-state index is 5.78. The highest BCUT2D eigenvalue weighted by Crippen LogP contribution is 2.25. The van der Waals surface area contributed by atoms with Crippen LogP contribution in [0.3, 0.4) is 0 Å². The van der Waals surface area contributed by atoms with Gasteiger partial charge >= 0.3 is 0 Å². The molecule has 0 spiro atoms. The fourth-order valence-corrected chi connectivity index (χ4v) is 2.61. The fraction of sp³-hybridized carbons (Fsp3) is 0.385. The number of rotatable bonds is 4. The number of nitrogens with two attached hydrogens (primary N) is 1. The predicted octanol–water partition coefficient (Wildman–Crippen LogP) is 2.40. The second-order valence-corrected chi connectivity index (χ2v) is 5.30. The lowest BCUT2D eigenvalue weighted by molar-refractivity contribution is 0.756. The van der Waals surface area contributed by atoms with Gasteiger partial charge in [0.25, 0.3) is 0 Å². The van der Waals surface area contributed by atoms with Crippen molar-refractivity contribution in [1.29, 1.82) is 0 Å². The van der Waals surface area contributed by atoms with E-state index in [2.05, 4.69) is 35.1 Å². The molecular formula is C13H18N4S. The Labute approximate surface area is 112 Å². The Balaban J connectivity index is 2.44. The largest absolute Gasteiger partial charge is 0.399 e. The Hall–Kier alpha value is -1.49. The molecule has 0 bridgehead atoms. The van der Waals surface area contributed by atoms with Crippen LogP contribution in [0.15, 0.2) is 24.5 Å². The summed E-state index contributed by atoms with van der Waals surface area (Å²) in [5.41, 5.74) is 7.40. The minimum Gasteiger partial charge on any atom is -0.399 e. The molecule has 0 radical (unpaired) electrons. The first-order chi connectivity index (χ1) is 8.63. The Morgan fingerprint density at radius 1 is 1.39 bits per heavy atom. The van der Waals surface area contributed by atoms with Gasteiger partial charge in [0.2, 0.25) is 0 Å². The molecule has 2 aromatic rings. The molecular weight excluding hydrogens is 244 g/mol. The van der Waals surface area contributed by atoms with E-state index in [4.69, 9.17) is 5.73 Å². The van der Waals surface area contributed by atoms with Gasteiger partial charge in [0, 0.05) is 29.9 Å². The van der Waals surface area contributed by atoms with Crippen molar-refractivity contribution in [1.82, 2.24) is 9.97 Å². The second-order valence-electron chi connectivity index (χ2n) is 4.39. The Kier molecular flexibility index (Phi) is 3.91. The Morgan fingerprint density at radius 3 is 2.89 bits per heavy atom. The zero-order chi connectivity index (χ0) is 13.1. The lowest BCUT2D eigenvalue weighted by Crippen LogP contribution is -2.31. The van der Waals surface area contributed by atoms with Crippen LogP contribution in [0, 0.1) is 0 Å². The molecule has 1 aromatic heterocycles. The standard InChI is InChI=1S/C13H18N4S/c1-9(7-18-3)17(2)13-11-5-4-10(14)6-12(11)15-8-16-13/h4-6,8-9H,7,14H2,1-3H3. The van der Waals surface area contributed by atoms with Crippen LogP contribution in [-0.2, 0) is 0 Å². The highest BCUT2D eigenvalue weighted by molar-refractivity contribution is 7.98. The van der Waals surface area contributed by atoms with E-state index in [0.29, 0.717) is 6.04 Å². The van der Waals surface area contributed by atoms with E-state index in [-0.39, 0.29) is 0 Å². The molecule has 4 nitrogen and oxygen atoms in total. The zero-order valence-electron chi connectivity index (χ0n) is 10.9. The van der Waals surface area contributed by atoms with Crippen molar-refractivity contribution >= 4 is 34.2 Å². The molecule has 0 amide bonds. The normalized spacial score (nSPS) is 12.6. The number of nitrogens with zero attached hydrogens (tertiary/aromatic N) is 3. The quantitative estimate of drug-likeness (QED) is 0.857. The van der Waals surface area contributed by atoms with Gasteiger partial charge in [-0.2, -0.15) is 11.8 Å². The first-order valence-electron chi connectivity index (χ1n) is 5.85. The Bertz CT molecular complexity index is 544. The summed E-state index contributed by atoms with van der Waals surface area (Å²) in [4.78, 5) is 10.9. The first-order valence-corrected chi connectivity index (χ1v) is 7.25. The lowest BCUT2D eigenvalue weighted by atomic mass is 10.2. The van der Waals surface area contributed by atoms with Gasteiger partial charge in [-0.25, -0.2) is 9.97 Å². The zero-order valence-corrected chi connectivity index (χ0v) is 11.7. The van der Waals surface area contributed by atoms with Crippen LogP contribution in [0.4, 0.5) is 11.5 Å². The molecule has 1 unspecified atom stereocenters. The molecule has 0 saturated carbocycles. The van der Waals surface area contributed by atoms with Crippen molar-refractivity contribution in [2.24, 2.45) is 0 Å². The predicted molar refractivity (Wildman–Crippen MR) is 80.2 cm³/mol. The van der Waals surface area contributed by atoms with Gasteiger partial charge < -0.3 is 10.6 Å². The maximum Gasteiger partial charge on any atom is 0.139 e. The molecule has 0 aliphatic heterocycles. The first kappa shape index (κ1) is 13.0. The van der Waals surface area contributed by atoms with E-state index >= 15 is 0 Å². The summed E-state index contributed by atoms with van der Waals surface area (Å²) in [7, 11) is 2.07. The number of hydrogen-bond donors (Lipinski definition) is 1. The molecule has 0 aliphatic rings. The summed E-state index contributed by atoms with van der Waals surface area (Å²) in [6.45, 7) is 2.20. The molecule has 0 aliphatic carbocycles. The van der Waals surface area contributed by atoms with E-state index in [0.717, 1.165) is 28.2 Å². The van der Waals surface area contributed by atoms with Gasteiger partial charge in [0.1, 0.15) is 12.1 Å². The average Bonchev–Trinajstić information content (AvgIpc) is 2.37. The van der Waals surface area contributed by atoms with E-state index in [1.165, 1.54) is 0 Å².